The number of esters is 1. The molecule has 1 aromatic carbocycles. The molecular weight excluding hydrogens is 428 g/mol. The fraction of sp³-hybridized carbons (Fsp3) is 0.435. The van der Waals surface area contributed by atoms with Gasteiger partial charge in [0.15, 0.2) is 5.76 Å². The summed E-state index contributed by atoms with van der Waals surface area (Å²) in [5, 5.41) is 15.3. The van der Waals surface area contributed by atoms with Crippen LogP contribution in [0.2, 0.25) is 0 Å². The van der Waals surface area contributed by atoms with Crippen molar-refractivity contribution in [3.63, 3.8) is 0 Å². The van der Waals surface area contributed by atoms with Crippen LogP contribution in [0.15, 0.2) is 33.8 Å². The number of benzene rings is 1. The molecule has 33 heavy (non-hydrogen) atoms. The Hall–Kier alpha value is -3.69. The Morgan fingerprint density at radius 3 is 2.55 bits per heavy atom. The number of fused-ring (bicyclic) bond motifs is 1. The third kappa shape index (κ3) is 4.59. The number of hydrogen-bond donors (Lipinski definition) is 1. The largest absolute Gasteiger partial charge is 0.469 e. The lowest BCUT2D eigenvalue weighted by Gasteiger charge is -2.30. The molecule has 0 atom stereocenters. The molecule has 10 heteroatoms. The average Bonchev–Trinajstić information content (AvgIpc) is 3.19. The smallest absolute Gasteiger partial charge is 0.308 e. The van der Waals surface area contributed by atoms with Gasteiger partial charge in [0.05, 0.1) is 29.4 Å². The van der Waals surface area contributed by atoms with Crippen molar-refractivity contribution in [2.75, 3.05) is 25.6 Å². The molecule has 1 saturated heterocycles. The summed E-state index contributed by atoms with van der Waals surface area (Å²) < 4.78 is 10.8. The van der Waals surface area contributed by atoms with Crippen molar-refractivity contribution < 1.29 is 23.7 Å². The Kier molecular flexibility index (Phi) is 6.43. The lowest BCUT2D eigenvalue weighted by molar-refractivity contribution is -0.384. The van der Waals surface area contributed by atoms with E-state index in [1.165, 1.54) is 19.2 Å². The average molecular weight is 454 g/mol. The number of ether oxygens (including phenoxy) is 1. The standard InChI is InChI=1S/C23H26N4O6/c1-14-20-18(25-24-16-6-8-17(9-7-16)27(30)31)4-3-5-19(20)33-21(14)22(28)26-12-10-15(11-13-26)23(29)32-2/h6-9,15,24H,3-5,10-13H2,1-2H3/b25-18+. The Morgan fingerprint density at radius 1 is 1.21 bits per heavy atom. The highest BCUT2D eigenvalue weighted by atomic mass is 16.6. The van der Waals surface area contributed by atoms with Crippen LogP contribution in [0.1, 0.15) is 53.1 Å². The van der Waals surface area contributed by atoms with Crippen LogP contribution in [0.25, 0.3) is 0 Å². The van der Waals surface area contributed by atoms with Gasteiger partial charge in [0, 0.05) is 42.8 Å². The highest BCUT2D eigenvalue weighted by molar-refractivity contribution is 6.06. The number of nitro benzene ring substituents is 1. The summed E-state index contributed by atoms with van der Waals surface area (Å²) in [6.07, 6.45) is 3.45. The van der Waals surface area contributed by atoms with Crippen LogP contribution in [0.3, 0.4) is 0 Å². The third-order valence-corrected chi connectivity index (χ3v) is 6.23. The van der Waals surface area contributed by atoms with Gasteiger partial charge < -0.3 is 14.1 Å². The number of carbonyl (C=O) groups is 2. The SMILES string of the molecule is COC(=O)C1CCN(C(=O)c2oc3c(c2C)/C(=N/Nc2ccc([N+](=O)[O-])cc2)CCC3)CC1. The van der Waals surface area contributed by atoms with E-state index in [0.29, 0.717) is 37.4 Å². The lowest BCUT2D eigenvalue weighted by Crippen LogP contribution is -2.40. The number of hydrogen-bond acceptors (Lipinski definition) is 8. The molecule has 0 spiro atoms. The Morgan fingerprint density at radius 2 is 1.91 bits per heavy atom. The van der Waals surface area contributed by atoms with Crippen LogP contribution < -0.4 is 5.43 Å². The molecule has 0 unspecified atom stereocenters. The number of nitro groups is 1. The van der Waals surface area contributed by atoms with Crippen molar-refractivity contribution >= 4 is 29.0 Å². The minimum Gasteiger partial charge on any atom is -0.469 e. The molecule has 1 N–H and O–H groups in total. The number of likely N-dealkylation sites (tertiary alicyclic amines) is 1. The molecule has 1 fully saturated rings. The maximum atomic E-state index is 13.2. The Balaban J connectivity index is 1.50. The van der Waals surface area contributed by atoms with Crippen molar-refractivity contribution in [3.8, 4) is 0 Å². The molecule has 4 rings (SSSR count). The highest BCUT2D eigenvalue weighted by Crippen LogP contribution is 2.32. The molecule has 0 bridgehead atoms. The summed E-state index contributed by atoms with van der Waals surface area (Å²) in [4.78, 5) is 37.0. The summed E-state index contributed by atoms with van der Waals surface area (Å²) in [6, 6.07) is 6.03. The number of nitrogens with one attached hydrogen (secondary N) is 1. The fourth-order valence-corrected chi connectivity index (χ4v) is 4.40. The van der Waals surface area contributed by atoms with Crippen LogP contribution >= 0.6 is 0 Å². The van der Waals surface area contributed by atoms with Crippen LogP contribution in [0.5, 0.6) is 0 Å². The van der Waals surface area contributed by atoms with Crippen molar-refractivity contribution in [3.05, 3.63) is 57.0 Å². The Bertz CT molecular complexity index is 1100. The topological polar surface area (TPSA) is 127 Å². The second-order valence-corrected chi connectivity index (χ2v) is 8.27. The predicted octanol–water partition coefficient (Wildman–Crippen LogP) is 3.67. The zero-order valence-electron chi connectivity index (χ0n) is 18.6. The normalized spacial score (nSPS) is 17.5. The number of furan rings is 1. The number of non-ortho nitro benzene ring substituents is 1. The second-order valence-electron chi connectivity index (χ2n) is 8.27. The van der Waals surface area contributed by atoms with Crippen LogP contribution in [-0.4, -0.2) is 47.6 Å². The van der Waals surface area contributed by atoms with Gasteiger partial charge in [-0.1, -0.05) is 0 Å². The number of carbonyl (C=O) groups excluding carboxylic acids is 2. The number of nitrogens with zero attached hydrogens (tertiary/aromatic N) is 3. The first-order chi connectivity index (χ1) is 15.9. The molecule has 0 radical (unpaired) electrons. The number of aryl methyl sites for hydroxylation is 1. The van der Waals surface area contributed by atoms with Crippen LogP contribution in [0, 0.1) is 23.0 Å². The zero-order chi connectivity index (χ0) is 23.5. The van der Waals surface area contributed by atoms with Gasteiger partial charge in [0.1, 0.15) is 5.76 Å². The number of methoxy groups -OCH3 is 1. The molecule has 0 saturated carbocycles. The minimum absolute atomic E-state index is 0.0117. The summed E-state index contributed by atoms with van der Waals surface area (Å²) >= 11 is 0. The molecule has 2 aliphatic rings. The van der Waals surface area contributed by atoms with Crippen molar-refractivity contribution in [1.82, 2.24) is 4.90 Å². The highest BCUT2D eigenvalue weighted by Gasteiger charge is 2.33. The maximum absolute atomic E-state index is 13.2. The van der Waals surface area contributed by atoms with E-state index in [0.717, 1.165) is 41.9 Å². The number of anilines is 1. The number of amides is 1. The summed E-state index contributed by atoms with van der Waals surface area (Å²) in [5.74, 6) is 0.493. The molecule has 1 aromatic heterocycles. The van der Waals surface area contributed by atoms with E-state index < -0.39 is 4.92 Å². The first-order valence-corrected chi connectivity index (χ1v) is 11.0. The van der Waals surface area contributed by atoms with E-state index >= 15 is 0 Å². The van der Waals surface area contributed by atoms with E-state index in [1.807, 2.05) is 6.92 Å². The number of piperidine rings is 1. The Labute approximate surface area is 190 Å². The number of rotatable bonds is 5. The van der Waals surface area contributed by atoms with Gasteiger partial charge in [0.25, 0.3) is 11.6 Å². The first-order valence-electron chi connectivity index (χ1n) is 11.0. The second kappa shape index (κ2) is 9.43. The molecular formula is C23H26N4O6. The van der Waals surface area contributed by atoms with Gasteiger partial charge in [-0.15, -0.1) is 0 Å². The molecule has 2 aromatic rings. The van der Waals surface area contributed by atoms with E-state index in [4.69, 9.17) is 9.15 Å². The molecule has 10 nitrogen and oxygen atoms in total. The van der Waals surface area contributed by atoms with Gasteiger partial charge in [0.2, 0.25) is 0 Å². The van der Waals surface area contributed by atoms with Gasteiger partial charge >= 0.3 is 5.97 Å². The van der Waals surface area contributed by atoms with E-state index in [-0.39, 0.29) is 23.5 Å². The van der Waals surface area contributed by atoms with Gasteiger partial charge in [-0.05, 0) is 44.7 Å². The monoisotopic (exact) mass is 454 g/mol. The minimum atomic E-state index is -0.450. The van der Waals surface area contributed by atoms with Crippen LogP contribution in [0.4, 0.5) is 11.4 Å². The van der Waals surface area contributed by atoms with Crippen LogP contribution in [-0.2, 0) is 16.0 Å². The summed E-state index contributed by atoms with van der Waals surface area (Å²) in [6.45, 7) is 2.82. The first kappa shape index (κ1) is 22.5. The summed E-state index contributed by atoms with van der Waals surface area (Å²) in [7, 11) is 1.38. The quantitative estimate of drug-likeness (QED) is 0.415. The van der Waals surface area contributed by atoms with Gasteiger partial charge in [-0.25, -0.2) is 0 Å². The molecule has 174 valence electrons. The lowest BCUT2D eigenvalue weighted by atomic mass is 9.93. The van der Waals surface area contributed by atoms with E-state index in [1.54, 1.807) is 17.0 Å². The predicted molar refractivity (Wildman–Crippen MR) is 120 cm³/mol. The van der Waals surface area contributed by atoms with Gasteiger partial charge in [-0.2, -0.15) is 5.10 Å². The van der Waals surface area contributed by atoms with Gasteiger partial charge in [-0.3, -0.25) is 25.1 Å². The molecule has 1 aliphatic carbocycles. The molecule has 1 amide bonds. The molecule has 2 heterocycles. The third-order valence-electron chi connectivity index (χ3n) is 6.23. The van der Waals surface area contributed by atoms with E-state index in [9.17, 15) is 19.7 Å². The maximum Gasteiger partial charge on any atom is 0.308 e. The molecule has 1 aliphatic heterocycles. The number of hydrazone groups is 1. The zero-order valence-corrected chi connectivity index (χ0v) is 18.6. The van der Waals surface area contributed by atoms with E-state index in [2.05, 4.69) is 10.5 Å². The van der Waals surface area contributed by atoms with Crippen molar-refractivity contribution in [2.24, 2.45) is 11.0 Å². The fourth-order valence-electron chi connectivity index (χ4n) is 4.40. The van der Waals surface area contributed by atoms with Crippen molar-refractivity contribution in [2.45, 2.75) is 39.0 Å². The summed E-state index contributed by atoms with van der Waals surface area (Å²) in [5.41, 5.74) is 6.00. The van der Waals surface area contributed by atoms with Crippen molar-refractivity contribution in [1.29, 1.82) is 0 Å².